The molecule has 1 amide bonds. The fourth-order valence-electron chi connectivity index (χ4n) is 5.48. The van der Waals surface area contributed by atoms with Gasteiger partial charge >= 0.3 is 6.09 Å². The number of rotatable bonds is 5. The van der Waals surface area contributed by atoms with E-state index in [0.29, 0.717) is 12.5 Å². The van der Waals surface area contributed by atoms with E-state index >= 15 is 0 Å². The Morgan fingerprint density at radius 3 is 2.56 bits per heavy atom. The van der Waals surface area contributed by atoms with Crippen LogP contribution in [0.15, 0.2) is 36.4 Å². The lowest BCUT2D eigenvalue weighted by Gasteiger charge is -2.44. The molecule has 0 aromatic heterocycles. The number of alkyl carbamates (subject to hydrolysis) is 1. The number of piperidine rings is 3. The molecule has 2 aromatic rings. The van der Waals surface area contributed by atoms with Gasteiger partial charge in [0.1, 0.15) is 23.4 Å². The Bertz CT molecular complexity index is 1060. The van der Waals surface area contributed by atoms with Crippen molar-refractivity contribution in [1.82, 2.24) is 10.2 Å². The molecule has 0 saturated carbocycles. The number of fused-ring (bicyclic) bond motifs is 4. The molecule has 0 radical (unpaired) electrons. The van der Waals surface area contributed by atoms with Crippen LogP contribution in [-0.2, 0) is 4.74 Å². The predicted molar refractivity (Wildman–Crippen MR) is 130 cm³/mol. The van der Waals surface area contributed by atoms with Gasteiger partial charge in [0.25, 0.3) is 0 Å². The normalized spacial score (nSPS) is 26.7. The molecule has 0 aliphatic carbocycles. The number of hydrogen-bond donors (Lipinski definition) is 1. The van der Waals surface area contributed by atoms with Crippen LogP contribution in [-0.4, -0.2) is 57.6 Å². The molecule has 3 saturated heterocycles. The Balaban J connectivity index is 1.38. The Hall–Kier alpha value is -2.93. The van der Waals surface area contributed by atoms with Crippen molar-refractivity contribution in [3.63, 3.8) is 0 Å². The molecule has 1 unspecified atom stereocenters. The molecule has 2 aromatic carbocycles. The first-order chi connectivity index (χ1) is 16.4. The Labute approximate surface area is 201 Å². The van der Waals surface area contributed by atoms with Crippen molar-refractivity contribution >= 4 is 6.09 Å². The van der Waals surface area contributed by atoms with E-state index < -0.39 is 0 Å². The average molecular weight is 467 g/mol. The van der Waals surface area contributed by atoms with Crippen molar-refractivity contribution in [2.75, 3.05) is 40.5 Å². The van der Waals surface area contributed by atoms with Crippen LogP contribution >= 0.6 is 0 Å². The molecule has 4 heterocycles. The summed E-state index contributed by atoms with van der Waals surface area (Å²) in [5.74, 6) is 2.75. The SMILES string of the molecule is COc1ccc(OC)c(-c2ccc3c(c2)OCC(C)(C)C3NC(=O)O[C@H]2CN3CCC2CC3)c1. The van der Waals surface area contributed by atoms with Gasteiger partial charge in [-0.05, 0) is 61.7 Å². The smallest absolute Gasteiger partial charge is 0.407 e. The summed E-state index contributed by atoms with van der Waals surface area (Å²) in [7, 11) is 3.30. The van der Waals surface area contributed by atoms with Gasteiger partial charge in [0.2, 0.25) is 0 Å². The Morgan fingerprint density at radius 2 is 1.88 bits per heavy atom. The summed E-state index contributed by atoms with van der Waals surface area (Å²) in [6, 6.07) is 11.6. The first-order valence-electron chi connectivity index (χ1n) is 12.1. The van der Waals surface area contributed by atoms with Crippen molar-refractivity contribution < 1.29 is 23.7 Å². The highest BCUT2D eigenvalue weighted by Gasteiger charge is 2.41. The summed E-state index contributed by atoms with van der Waals surface area (Å²) in [5.41, 5.74) is 2.55. The lowest BCUT2D eigenvalue weighted by molar-refractivity contribution is -0.0361. The Morgan fingerprint density at radius 1 is 1.09 bits per heavy atom. The maximum atomic E-state index is 13.0. The second kappa shape index (κ2) is 9.02. The van der Waals surface area contributed by atoms with Gasteiger partial charge in [-0.1, -0.05) is 26.0 Å². The van der Waals surface area contributed by atoms with Gasteiger partial charge in [-0.3, -0.25) is 4.90 Å². The maximum absolute atomic E-state index is 13.0. The topological polar surface area (TPSA) is 69.3 Å². The molecule has 4 aliphatic heterocycles. The van der Waals surface area contributed by atoms with E-state index in [1.54, 1.807) is 14.2 Å². The molecule has 7 heteroatoms. The van der Waals surface area contributed by atoms with Crippen molar-refractivity contribution in [1.29, 1.82) is 0 Å². The number of nitrogens with one attached hydrogen (secondary N) is 1. The van der Waals surface area contributed by atoms with Crippen LogP contribution in [0.5, 0.6) is 17.2 Å². The molecule has 1 N–H and O–H groups in total. The van der Waals surface area contributed by atoms with E-state index in [0.717, 1.165) is 66.4 Å². The number of hydrogen-bond acceptors (Lipinski definition) is 6. The summed E-state index contributed by atoms with van der Waals surface area (Å²) in [4.78, 5) is 15.4. The quantitative estimate of drug-likeness (QED) is 0.692. The minimum atomic E-state index is -0.344. The standard InChI is InChI=1S/C27H34N2O5/c1-27(2)16-33-23-13-18(21-14-19(31-3)6-8-22(21)32-4)5-7-20(23)25(27)28-26(30)34-24-15-29-11-9-17(24)10-12-29/h5-8,13-14,17,24-25H,9-12,15-16H2,1-4H3,(H,28,30)/t24-,25?/m0/s1. The van der Waals surface area contributed by atoms with Crippen LogP contribution in [0, 0.1) is 11.3 Å². The number of nitrogens with zero attached hydrogens (tertiary/aromatic N) is 1. The van der Waals surface area contributed by atoms with Crippen LogP contribution in [0.4, 0.5) is 4.79 Å². The minimum Gasteiger partial charge on any atom is -0.497 e. The fraction of sp³-hybridized carbons (Fsp3) is 0.519. The third-order valence-corrected chi connectivity index (χ3v) is 7.54. The first kappa shape index (κ1) is 22.8. The Kier molecular flexibility index (Phi) is 6.06. The van der Waals surface area contributed by atoms with Gasteiger partial charge in [-0.25, -0.2) is 4.79 Å². The second-order valence-electron chi connectivity index (χ2n) is 10.3. The van der Waals surface area contributed by atoms with Crippen LogP contribution in [0.25, 0.3) is 11.1 Å². The van der Waals surface area contributed by atoms with Crippen molar-refractivity contribution in [2.24, 2.45) is 11.3 Å². The second-order valence-corrected chi connectivity index (χ2v) is 10.3. The maximum Gasteiger partial charge on any atom is 0.407 e. The van der Waals surface area contributed by atoms with Crippen molar-refractivity contribution in [3.05, 3.63) is 42.0 Å². The molecule has 34 heavy (non-hydrogen) atoms. The highest BCUT2D eigenvalue weighted by Crippen LogP contribution is 2.45. The fourth-order valence-corrected chi connectivity index (χ4v) is 5.48. The largest absolute Gasteiger partial charge is 0.497 e. The molecule has 2 bridgehead atoms. The van der Waals surface area contributed by atoms with Crippen LogP contribution < -0.4 is 19.5 Å². The lowest BCUT2D eigenvalue weighted by Crippen LogP contribution is -2.53. The zero-order chi connectivity index (χ0) is 23.9. The number of carbonyl (C=O) groups is 1. The first-order valence-corrected chi connectivity index (χ1v) is 12.1. The molecule has 2 atom stereocenters. The number of carbonyl (C=O) groups excluding carboxylic acids is 1. The van der Waals surface area contributed by atoms with Gasteiger partial charge in [-0.2, -0.15) is 0 Å². The number of amides is 1. The number of ether oxygens (including phenoxy) is 4. The molecule has 7 nitrogen and oxygen atoms in total. The van der Waals surface area contributed by atoms with E-state index in [1.165, 1.54) is 0 Å². The van der Waals surface area contributed by atoms with Crippen LogP contribution in [0.1, 0.15) is 38.3 Å². The van der Waals surface area contributed by atoms with Gasteiger partial charge in [0.05, 0.1) is 26.9 Å². The molecule has 182 valence electrons. The minimum absolute atomic E-state index is 0.0205. The highest BCUT2D eigenvalue weighted by molar-refractivity contribution is 5.74. The zero-order valence-corrected chi connectivity index (χ0v) is 20.4. The molecular formula is C27H34N2O5. The summed E-state index contributed by atoms with van der Waals surface area (Å²) in [5, 5.41) is 3.17. The van der Waals surface area contributed by atoms with Gasteiger partial charge in [0, 0.05) is 23.1 Å². The van der Waals surface area contributed by atoms with Gasteiger partial charge in [0.15, 0.2) is 0 Å². The third-order valence-electron chi connectivity index (χ3n) is 7.54. The predicted octanol–water partition coefficient (Wildman–Crippen LogP) is 4.65. The van der Waals surface area contributed by atoms with E-state index in [4.69, 9.17) is 18.9 Å². The monoisotopic (exact) mass is 466 g/mol. The van der Waals surface area contributed by atoms with Gasteiger partial charge < -0.3 is 24.3 Å². The zero-order valence-electron chi connectivity index (χ0n) is 20.4. The van der Waals surface area contributed by atoms with Crippen molar-refractivity contribution in [2.45, 2.75) is 38.8 Å². The summed E-state index contributed by atoms with van der Waals surface area (Å²) in [6.07, 6.45) is 1.86. The molecule has 0 spiro atoms. The lowest BCUT2D eigenvalue weighted by atomic mass is 9.78. The van der Waals surface area contributed by atoms with Crippen LogP contribution in [0.3, 0.4) is 0 Å². The van der Waals surface area contributed by atoms with E-state index in [-0.39, 0.29) is 23.7 Å². The molecular weight excluding hydrogens is 432 g/mol. The summed E-state index contributed by atoms with van der Waals surface area (Å²) in [6.45, 7) is 7.78. The third kappa shape index (κ3) is 4.29. The summed E-state index contributed by atoms with van der Waals surface area (Å²) < 4.78 is 23.1. The molecule has 4 aliphatic rings. The molecule has 6 rings (SSSR count). The highest BCUT2D eigenvalue weighted by atomic mass is 16.6. The average Bonchev–Trinajstić information content (AvgIpc) is 2.86. The summed E-state index contributed by atoms with van der Waals surface area (Å²) >= 11 is 0. The van der Waals surface area contributed by atoms with Gasteiger partial charge in [-0.15, -0.1) is 0 Å². The van der Waals surface area contributed by atoms with Crippen LogP contribution in [0.2, 0.25) is 0 Å². The van der Waals surface area contributed by atoms with E-state index in [2.05, 4.69) is 24.1 Å². The van der Waals surface area contributed by atoms with E-state index in [1.807, 2.05) is 36.4 Å². The number of methoxy groups -OCH3 is 2. The van der Waals surface area contributed by atoms with Crippen molar-refractivity contribution in [3.8, 4) is 28.4 Å². The number of benzene rings is 2. The molecule has 3 fully saturated rings. The van der Waals surface area contributed by atoms with E-state index in [9.17, 15) is 4.79 Å².